The predicted molar refractivity (Wildman–Crippen MR) is 110 cm³/mol. The fourth-order valence-corrected chi connectivity index (χ4v) is 3.60. The number of nitrogens with zero attached hydrogens (tertiary/aromatic N) is 2. The highest BCUT2D eigenvalue weighted by atomic mass is 35.5. The number of hydrogen-bond donors (Lipinski definition) is 2. The summed E-state index contributed by atoms with van der Waals surface area (Å²) in [5.74, 6) is -0.0951. The average Bonchev–Trinajstić information content (AvgIpc) is 2.99. The van der Waals surface area contributed by atoms with E-state index in [1.807, 2.05) is 19.1 Å². The number of carbonyl (C=O) groups is 2. The highest BCUT2D eigenvalue weighted by molar-refractivity contribution is 6.33. The van der Waals surface area contributed by atoms with Gasteiger partial charge < -0.3 is 10.6 Å². The Morgan fingerprint density at radius 1 is 1.21 bits per heavy atom. The molecule has 2 amide bonds. The third kappa shape index (κ3) is 3.37. The molecular formula is C20H16Cl2N4O2. The fraction of sp³-hybridized carbons (Fsp3) is 0.150. The predicted octanol–water partition coefficient (Wildman–Crippen LogP) is 4.69. The summed E-state index contributed by atoms with van der Waals surface area (Å²) in [6.07, 6.45) is -0.0145. The number of anilines is 2. The zero-order valence-corrected chi connectivity index (χ0v) is 16.4. The van der Waals surface area contributed by atoms with Gasteiger partial charge in [-0.1, -0.05) is 47.5 Å². The molecule has 1 aliphatic heterocycles. The molecule has 2 N–H and O–H groups in total. The third-order valence-corrected chi connectivity index (χ3v) is 5.18. The Labute approximate surface area is 171 Å². The van der Waals surface area contributed by atoms with Gasteiger partial charge in [0.15, 0.2) is 0 Å². The first-order valence-electron chi connectivity index (χ1n) is 8.64. The normalized spacial score (nSPS) is 15.7. The quantitative estimate of drug-likeness (QED) is 0.652. The van der Waals surface area contributed by atoms with Crippen LogP contribution in [0.2, 0.25) is 10.0 Å². The number of aromatic nitrogens is 2. The van der Waals surface area contributed by atoms with Crippen molar-refractivity contribution in [1.29, 1.82) is 0 Å². The zero-order chi connectivity index (χ0) is 19.8. The maximum atomic E-state index is 12.9. The van der Waals surface area contributed by atoms with E-state index < -0.39 is 6.04 Å². The molecule has 0 bridgehead atoms. The summed E-state index contributed by atoms with van der Waals surface area (Å²) in [5, 5.41) is 11.2. The minimum absolute atomic E-state index is 0.0145. The van der Waals surface area contributed by atoms with Crippen LogP contribution in [-0.4, -0.2) is 21.6 Å². The number of rotatable bonds is 3. The summed E-state index contributed by atoms with van der Waals surface area (Å²) in [6.45, 7) is 1.85. The molecular weight excluding hydrogens is 399 g/mol. The van der Waals surface area contributed by atoms with Gasteiger partial charge in [0.1, 0.15) is 11.9 Å². The Bertz CT molecular complexity index is 1090. The van der Waals surface area contributed by atoms with Gasteiger partial charge in [-0.25, -0.2) is 4.68 Å². The zero-order valence-electron chi connectivity index (χ0n) is 14.9. The van der Waals surface area contributed by atoms with Crippen LogP contribution in [0.4, 0.5) is 11.5 Å². The van der Waals surface area contributed by atoms with Gasteiger partial charge in [-0.15, -0.1) is 0 Å². The minimum Gasteiger partial charge on any atom is -0.323 e. The van der Waals surface area contributed by atoms with Crippen molar-refractivity contribution < 1.29 is 9.59 Å². The van der Waals surface area contributed by atoms with Crippen molar-refractivity contribution in [2.75, 3.05) is 10.6 Å². The Morgan fingerprint density at radius 3 is 2.75 bits per heavy atom. The molecule has 1 aromatic heterocycles. The third-order valence-electron chi connectivity index (χ3n) is 4.61. The molecule has 1 aliphatic rings. The molecule has 142 valence electrons. The number of amides is 2. The molecule has 1 atom stereocenters. The van der Waals surface area contributed by atoms with Crippen LogP contribution in [0.15, 0.2) is 48.5 Å². The second-order valence-corrected chi connectivity index (χ2v) is 7.36. The van der Waals surface area contributed by atoms with E-state index in [-0.39, 0.29) is 18.2 Å². The SMILES string of the molecule is Cc1c(-c2cccc(Cl)c2)nn2c1NC(=O)CC2C(=O)Nc1ccccc1Cl. The molecule has 0 saturated carbocycles. The lowest BCUT2D eigenvalue weighted by Crippen LogP contribution is -2.36. The summed E-state index contributed by atoms with van der Waals surface area (Å²) >= 11 is 12.2. The highest BCUT2D eigenvalue weighted by Gasteiger charge is 2.34. The van der Waals surface area contributed by atoms with Gasteiger partial charge in [-0.2, -0.15) is 5.10 Å². The van der Waals surface area contributed by atoms with Crippen molar-refractivity contribution in [3.05, 3.63) is 64.1 Å². The van der Waals surface area contributed by atoms with Crippen molar-refractivity contribution in [2.45, 2.75) is 19.4 Å². The van der Waals surface area contributed by atoms with E-state index in [9.17, 15) is 9.59 Å². The average molecular weight is 415 g/mol. The van der Waals surface area contributed by atoms with Gasteiger partial charge >= 0.3 is 0 Å². The fourth-order valence-electron chi connectivity index (χ4n) is 3.23. The molecule has 0 aliphatic carbocycles. The topological polar surface area (TPSA) is 76.0 Å². The van der Waals surface area contributed by atoms with E-state index in [2.05, 4.69) is 15.7 Å². The van der Waals surface area contributed by atoms with Crippen LogP contribution in [0.3, 0.4) is 0 Å². The summed E-state index contributed by atoms with van der Waals surface area (Å²) in [6, 6.07) is 13.4. The second kappa shape index (κ2) is 7.30. The summed E-state index contributed by atoms with van der Waals surface area (Å²) in [7, 11) is 0. The van der Waals surface area contributed by atoms with Gasteiger partial charge in [0.05, 0.1) is 22.8 Å². The van der Waals surface area contributed by atoms with Gasteiger partial charge in [-0.3, -0.25) is 9.59 Å². The monoisotopic (exact) mass is 414 g/mol. The number of para-hydroxylation sites is 1. The Hall–Kier alpha value is -2.83. The number of fused-ring (bicyclic) bond motifs is 1. The van der Waals surface area contributed by atoms with Crippen molar-refractivity contribution >= 4 is 46.5 Å². The standard InChI is InChI=1S/C20H16Cl2N4O2/c1-11-18(12-5-4-6-13(21)9-12)25-26-16(10-17(27)24-19(11)26)20(28)23-15-8-3-2-7-14(15)22/h2-9,16H,10H2,1H3,(H,23,28)(H,24,27). The minimum atomic E-state index is -0.786. The first-order chi connectivity index (χ1) is 13.4. The van der Waals surface area contributed by atoms with Crippen LogP contribution >= 0.6 is 23.2 Å². The van der Waals surface area contributed by atoms with Crippen molar-refractivity contribution in [3.63, 3.8) is 0 Å². The van der Waals surface area contributed by atoms with Crippen LogP contribution in [0, 0.1) is 6.92 Å². The summed E-state index contributed by atoms with van der Waals surface area (Å²) in [5.41, 5.74) is 2.73. The van der Waals surface area contributed by atoms with E-state index in [1.165, 1.54) is 0 Å². The van der Waals surface area contributed by atoms with Crippen LogP contribution in [0.5, 0.6) is 0 Å². The van der Waals surface area contributed by atoms with E-state index in [4.69, 9.17) is 23.2 Å². The van der Waals surface area contributed by atoms with Crippen LogP contribution in [0.1, 0.15) is 18.0 Å². The van der Waals surface area contributed by atoms with Gasteiger partial charge in [-0.05, 0) is 31.2 Å². The van der Waals surface area contributed by atoms with E-state index in [1.54, 1.807) is 41.1 Å². The molecule has 4 rings (SSSR count). The van der Waals surface area contributed by atoms with E-state index in [0.29, 0.717) is 27.2 Å². The number of benzene rings is 2. The van der Waals surface area contributed by atoms with E-state index >= 15 is 0 Å². The molecule has 8 heteroatoms. The molecule has 1 unspecified atom stereocenters. The maximum Gasteiger partial charge on any atom is 0.249 e. The highest BCUT2D eigenvalue weighted by Crippen LogP contribution is 2.35. The number of halogens is 2. The van der Waals surface area contributed by atoms with Gasteiger partial charge in [0.25, 0.3) is 0 Å². The van der Waals surface area contributed by atoms with Gasteiger partial charge in [0.2, 0.25) is 11.8 Å². The first-order valence-corrected chi connectivity index (χ1v) is 9.40. The molecule has 3 aromatic rings. The molecule has 0 spiro atoms. The van der Waals surface area contributed by atoms with Crippen molar-refractivity contribution in [2.24, 2.45) is 0 Å². The Morgan fingerprint density at radius 2 is 2.00 bits per heavy atom. The largest absolute Gasteiger partial charge is 0.323 e. The van der Waals surface area contributed by atoms with Crippen LogP contribution in [0.25, 0.3) is 11.3 Å². The van der Waals surface area contributed by atoms with Gasteiger partial charge in [0, 0.05) is 16.1 Å². The van der Waals surface area contributed by atoms with E-state index in [0.717, 1.165) is 11.1 Å². The van der Waals surface area contributed by atoms with Crippen LogP contribution in [-0.2, 0) is 9.59 Å². The molecule has 0 fully saturated rings. The second-order valence-electron chi connectivity index (χ2n) is 6.51. The molecule has 28 heavy (non-hydrogen) atoms. The molecule has 0 radical (unpaired) electrons. The molecule has 0 saturated heterocycles. The maximum absolute atomic E-state index is 12.9. The Balaban J connectivity index is 1.72. The van der Waals surface area contributed by atoms with Crippen LogP contribution < -0.4 is 10.6 Å². The molecule has 2 aromatic carbocycles. The molecule has 6 nitrogen and oxygen atoms in total. The summed E-state index contributed by atoms with van der Waals surface area (Å²) in [4.78, 5) is 25.1. The van der Waals surface area contributed by atoms with Crippen molar-refractivity contribution in [3.8, 4) is 11.3 Å². The smallest absolute Gasteiger partial charge is 0.249 e. The lowest BCUT2D eigenvalue weighted by Gasteiger charge is -2.24. The first kappa shape index (κ1) is 18.5. The lowest BCUT2D eigenvalue weighted by molar-refractivity contribution is -0.125. The van der Waals surface area contributed by atoms with Crippen molar-refractivity contribution in [1.82, 2.24) is 9.78 Å². The molecule has 2 heterocycles. The summed E-state index contributed by atoms with van der Waals surface area (Å²) < 4.78 is 1.55. The number of hydrogen-bond acceptors (Lipinski definition) is 3. The lowest BCUT2D eigenvalue weighted by atomic mass is 10.1. The number of nitrogens with one attached hydrogen (secondary N) is 2. The number of carbonyl (C=O) groups excluding carboxylic acids is 2. The Kier molecular flexibility index (Phi) is 4.83.